The fraction of sp³-hybridized carbons (Fsp3) is 0.500. The maximum atomic E-state index is 8.56. The van der Waals surface area contributed by atoms with E-state index < -0.39 is 6.16 Å². The molecule has 0 heterocycles. The van der Waals surface area contributed by atoms with Crippen LogP contribution >= 0.6 is 0 Å². The van der Waals surface area contributed by atoms with Gasteiger partial charge in [0.15, 0.2) is 0 Å². The van der Waals surface area contributed by atoms with E-state index in [0.29, 0.717) is 0 Å². The predicted octanol–water partition coefficient (Wildman–Crippen LogP) is 0.859. The van der Waals surface area contributed by atoms with Crippen LogP contribution in [0.1, 0.15) is 7.43 Å². The Bertz CT molecular complexity index is 31.8. The quantitative estimate of drug-likeness (QED) is 0.654. The van der Waals surface area contributed by atoms with Crippen LogP contribution in [0, 0.1) is 39.9 Å². The summed E-state index contributed by atoms with van der Waals surface area (Å²) in [6.07, 6.45) is -1.83. The molecule has 40 valence electrons. The molecule has 0 saturated carbocycles. The zero-order valence-electron chi connectivity index (χ0n) is 2.16. The molecule has 6 heavy (non-hydrogen) atoms. The zero-order chi connectivity index (χ0) is 3.58. The molecule has 0 spiro atoms. The summed E-state index contributed by atoms with van der Waals surface area (Å²) in [5, 5.41) is 13.9. The van der Waals surface area contributed by atoms with Crippen LogP contribution in [-0.2, 0) is 0 Å². The fourth-order valence-electron chi connectivity index (χ4n) is 0. The Morgan fingerprint density at radius 2 is 1.33 bits per heavy atom. The van der Waals surface area contributed by atoms with Gasteiger partial charge in [-0.25, -0.2) is 4.79 Å². The third kappa shape index (κ3) is 168. The first-order valence-corrected chi connectivity index (χ1v) is 0.651. The van der Waals surface area contributed by atoms with Crippen molar-refractivity contribution >= 4 is 6.16 Å². The van der Waals surface area contributed by atoms with E-state index in [2.05, 4.69) is 0 Å². The summed E-state index contributed by atoms with van der Waals surface area (Å²) < 4.78 is 0. The van der Waals surface area contributed by atoms with Gasteiger partial charge in [0.05, 0.1) is 0 Å². The average molecular weight is 235 g/mol. The molecule has 0 unspecified atom stereocenters. The van der Waals surface area contributed by atoms with E-state index in [-0.39, 0.29) is 47.4 Å². The molecule has 0 bridgehead atoms. The smallest absolute Gasteiger partial charge is 0.450 e. The molecule has 0 rings (SSSR count). The zero-order valence-corrected chi connectivity index (χ0v) is 4.42. The second-order valence-corrected chi connectivity index (χ2v) is 0.283. The van der Waals surface area contributed by atoms with E-state index >= 15 is 0 Å². The van der Waals surface area contributed by atoms with Crippen LogP contribution in [0.5, 0.6) is 0 Å². The number of hydrogen-bond acceptors (Lipinski definition) is 1. The van der Waals surface area contributed by atoms with Crippen molar-refractivity contribution in [2.45, 2.75) is 7.43 Å². The van der Waals surface area contributed by atoms with Gasteiger partial charge in [-0.1, -0.05) is 7.43 Å². The Morgan fingerprint density at radius 1 is 1.33 bits per heavy atom. The maximum absolute atomic E-state index is 8.56. The SMILES string of the molecule is C.O=C(O)O.[Gd]. The first-order valence-electron chi connectivity index (χ1n) is 0.651. The molecular weight excluding hydrogens is 229 g/mol. The Hall–Kier alpha value is 0.595. The Kier molecular flexibility index (Phi) is 24.3. The molecule has 0 aliphatic rings. The van der Waals surface area contributed by atoms with E-state index in [1.54, 1.807) is 0 Å². The maximum Gasteiger partial charge on any atom is 0.503 e. The monoisotopic (exact) mass is 236 g/mol. The summed E-state index contributed by atoms with van der Waals surface area (Å²) in [7, 11) is 0. The molecule has 0 saturated heterocycles. The standard InChI is InChI=1S/CH2O3.CH4.Gd/c2-1(3)4;;/h(H2,2,3,4);1H4;. The molecule has 0 aromatic rings. The van der Waals surface area contributed by atoms with E-state index in [9.17, 15) is 0 Å². The van der Waals surface area contributed by atoms with E-state index in [0.717, 1.165) is 0 Å². The Labute approximate surface area is 68.0 Å². The molecular formula is C2H6GdO3. The molecule has 0 aromatic heterocycles. The summed E-state index contributed by atoms with van der Waals surface area (Å²) in [6, 6.07) is 0. The minimum absolute atomic E-state index is 0. The van der Waals surface area contributed by atoms with Gasteiger partial charge in [0.2, 0.25) is 0 Å². The topological polar surface area (TPSA) is 57.5 Å². The van der Waals surface area contributed by atoms with Crippen molar-refractivity contribution in [1.29, 1.82) is 0 Å². The van der Waals surface area contributed by atoms with Crippen LogP contribution in [0.15, 0.2) is 0 Å². The minimum atomic E-state index is -1.83. The van der Waals surface area contributed by atoms with Crippen LogP contribution in [0.4, 0.5) is 4.79 Å². The first-order chi connectivity index (χ1) is 1.73. The summed E-state index contributed by atoms with van der Waals surface area (Å²) >= 11 is 0. The van der Waals surface area contributed by atoms with Gasteiger partial charge in [-0.15, -0.1) is 0 Å². The summed E-state index contributed by atoms with van der Waals surface area (Å²) in [4.78, 5) is 8.56. The van der Waals surface area contributed by atoms with Crippen LogP contribution in [0.25, 0.3) is 0 Å². The molecule has 4 heteroatoms. The number of hydrogen-bond donors (Lipinski definition) is 2. The molecule has 0 aliphatic carbocycles. The van der Waals surface area contributed by atoms with Gasteiger partial charge in [-0.2, -0.15) is 0 Å². The normalized spacial score (nSPS) is 4.00. The predicted molar refractivity (Wildman–Crippen MR) is 17.4 cm³/mol. The van der Waals surface area contributed by atoms with Crippen molar-refractivity contribution < 1.29 is 54.9 Å². The van der Waals surface area contributed by atoms with E-state index in [1.165, 1.54) is 0 Å². The van der Waals surface area contributed by atoms with Gasteiger partial charge in [-0.3, -0.25) is 0 Å². The molecule has 0 amide bonds. The van der Waals surface area contributed by atoms with Crippen molar-refractivity contribution in [3.05, 3.63) is 0 Å². The summed E-state index contributed by atoms with van der Waals surface area (Å²) in [5.74, 6) is 0. The van der Waals surface area contributed by atoms with Gasteiger partial charge in [-0.05, 0) is 0 Å². The third-order valence-corrected chi connectivity index (χ3v) is 0. The number of carbonyl (C=O) groups is 1. The molecule has 0 fully saturated rings. The summed E-state index contributed by atoms with van der Waals surface area (Å²) in [6.45, 7) is 0. The third-order valence-electron chi connectivity index (χ3n) is 0. The Morgan fingerprint density at radius 3 is 1.33 bits per heavy atom. The van der Waals surface area contributed by atoms with Crippen molar-refractivity contribution in [3.63, 3.8) is 0 Å². The largest absolute Gasteiger partial charge is 0.503 e. The van der Waals surface area contributed by atoms with Gasteiger partial charge >= 0.3 is 6.16 Å². The van der Waals surface area contributed by atoms with Crippen molar-refractivity contribution in [2.75, 3.05) is 0 Å². The Balaban J connectivity index is -0.0000000450. The van der Waals surface area contributed by atoms with Crippen molar-refractivity contribution in [1.82, 2.24) is 0 Å². The van der Waals surface area contributed by atoms with E-state index in [1.807, 2.05) is 0 Å². The molecule has 0 aromatic carbocycles. The van der Waals surface area contributed by atoms with Crippen LogP contribution < -0.4 is 0 Å². The van der Waals surface area contributed by atoms with Gasteiger partial charge in [0.1, 0.15) is 0 Å². The number of rotatable bonds is 0. The fourth-order valence-corrected chi connectivity index (χ4v) is 0. The van der Waals surface area contributed by atoms with Crippen molar-refractivity contribution in [3.8, 4) is 0 Å². The second-order valence-electron chi connectivity index (χ2n) is 0.283. The van der Waals surface area contributed by atoms with Gasteiger partial charge < -0.3 is 10.2 Å². The molecule has 3 nitrogen and oxygen atoms in total. The second kappa shape index (κ2) is 9.14. The van der Waals surface area contributed by atoms with Gasteiger partial charge in [0, 0.05) is 39.9 Å². The van der Waals surface area contributed by atoms with Crippen LogP contribution in [0.2, 0.25) is 0 Å². The van der Waals surface area contributed by atoms with Crippen LogP contribution in [-0.4, -0.2) is 16.4 Å². The minimum Gasteiger partial charge on any atom is -0.450 e. The van der Waals surface area contributed by atoms with E-state index in [4.69, 9.17) is 15.0 Å². The molecule has 0 radical (unpaired) electrons. The average Bonchev–Trinajstić information content (AvgIpc) is 0.811. The molecule has 2 N–H and O–H groups in total. The molecule has 0 aliphatic heterocycles. The first kappa shape index (κ1) is 16.0. The van der Waals surface area contributed by atoms with Crippen molar-refractivity contribution in [2.24, 2.45) is 0 Å². The number of carboxylic acid groups (broad SMARTS) is 2. The van der Waals surface area contributed by atoms with Crippen LogP contribution in [0.3, 0.4) is 0 Å². The van der Waals surface area contributed by atoms with Gasteiger partial charge in [0.25, 0.3) is 0 Å². The molecule has 0 atom stereocenters. The summed E-state index contributed by atoms with van der Waals surface area (Å²) in [5.41, 5.74) is 0.